The van der Waals surface area contributed by atoms with Crippen molar-refractivity contribution in [3.8, 4) is 33.4 Å². The maximum atomic E-state index is 2.40. The first-order valence-electron chi connectivity index (χ1n) is 13.9. The highest BCUT2D eigenvalue weighted by molar-refractivity contribution is 6.24. The van der Waals surface area contributed by atoms with E-state index in [1.807, 2.05) is 0 Å². The molecule has 8 aromatic rings. The van der Waals surface area contributed by atoms with Crippen LogP contribution in [-0.4, -0.2) is 0 Å². The second-order valence-corrected chi connectivity index (χ2v) is 10.5. The second-order valence-electron chi connectivity index (χ2n) is 10.5. The number of benzene rings is 8. The largest absolute Gasteiger partial charge is 0.0622 e. The molecule has 8 rings (SSSR count). The van der Waals surface area contributed by atoms with Crippen LogP contribution in [0.1, 0.15) is 0 Å². The minimum Gasteiger partial charge on any atom is -0.0622 e. The lowest BCUT2D eigenvalue weighted by molar-refractivity contribution is 1.64. The normalized spacial score (nSPS) is 11.5. The molecule has 0 unspecified atom stereocenters. The summed E-state index contributed by atoms with van der Waals surface area (Å²) in [6, 6.07) is 57.6. The molecule has 0 saturated heterocycles. The monoisotopic (exact) mass is 506 g/mol. The molecule has 8 aromatic carbocycles. The molecule has 0 radical (unpaired) electrons. The third-order valence-electron chi connectivity index (χ3n) is 8.23. The van der Waals surface area contributed by atoms with Gasteiger partial charge in [0, 0.05) is 0 Å². The summed E-state index contributed by atoms with van der Waals surface area (Å²) in [7, 11) is 0. The Morgan fingerprint density at radius 1 is 0.250 bits per heavy atom. The van der Waals surface area contributed by atoms with E-state index in [2.05, 4.69) is 158 Å². The Balaban J connectivity index is 1.55. The molecule has 0 heteroatoms. The van der Waals surface area contributed by atoms with Crippen molar-refractivity contribution in [1.29, 1.82) is 0 Å². The Bertz CT molecular complexity index is 2200. The van der Waals surface area contributed by atoms with Crippen molar-refractivity contribution in [2.45, 2.75) is 0 Å². The van der Waals surface area contributed by atoms with Gasteiger partial charge in [-0.3, -0.25) is 0 Å². The van der Waals surface area contributed by atoms with Crippen molar-refractivity contribution < 1.29 is 0 Å². The number of hydrogen-bond donors (Lipinski definition) is 0. The van der Waals surface area contributed by atoms with Crippen LogP contribution in [0.4, 0.5) is 0 Å². The molecular formula is C40H26. The van der Waals surface area contributed by atoms with Crippen molar-refractivity contribution >= 4 is 43.1 Å². The summed E-state index contributed by atoms with van der Waals surface area (Å²) in [5.74, 6) is 0. The molecule has 0 heterocycles. The Hall–Kier alpha value is -5.20. The average molecular weight is 507 g/mol. The highest BCUT2D eigenvalue weighted by atomic mass is 14.2. The van der Waals surface area contributed by atoms with Gasteiger partial charge in [-0.2, -0.15) is 0 Å². The van der Waals surface area contributed by atoms with Crippen LogP contribution in [0.3, 0.4) is 0 Å². The molecule has 186 valence electrons. The summed E-state index contributed by atoms with van der Waals surface area (Å²) < 4.78 is 0. The standard InChI is InChI=1S/C40H26/c1-2-11-27(12-3-1)31-23-24-37-38(26-31)39(32-22-21-28-13-4-5-15-30(28)25-32)35-18-8-9-19-36(35)40(37)34-20-10-16-29-14-6-7-17-33(29)34/h1-26H. The van der Waals surface area contributed by atoms with E-state index in [0.717, 1.165) is 0 Å². The second kappa shape index (κ2) is 9.22. The van der Waals surface area contributed by atoms with Crippen LogP contribution in [0, 0.1) is 0 Å². The molecule has 0 spiro atoms. The molecule has 0 amide bonds. The van der Waals surface area contributed by atoms with Crippen molar-refractivity contribution in [1.82, 2.24) is 0 Å². The van der Waals surface area contributed by atoms with Crippen LogP contribution in [0.2, 0.25) is 0 Å². The van der Waals surface area contributed by atoms with E-state index in [9.17, 15) is 0 Å². The molecule has 0 N–H and O–H groups in total. The predicted molar refractivity (Wildman–Crippen MR) is 173 cm³/mol. The molecule has 40 heavy (non-hydrogen) atoms. The quantitative estimate of drug-likeness (QED) is 0.209. The van der Waals surface area contributed by atoms with Crippen LogP contribution >= 0.6 is 0 Å². The molecular weight excluding hydrogens is 480 g/mol. The van der Waals surface area contributed by atoms with Crippen molar-refractivity contribution in [2.24, 2.45) is 0 Å². The fourth-order valence-electron chi connectivity index (χ4n) is 6.38. The number of fused-ring (bicyclic) bond motifs is 4. The van der Waals surface area contributed by atoms with Crippen LogP contribution in [0.25, 0.3) is 76.5 Å². The van der Waals surface area contributed by atoms with E-state index in [1.54, 1.807) is 0 Å². The topological polar surface area (TPSA) is 0 Å². The molecule has 0 aliphatic carbocycles. The average Bonchev–Trinajstić information content (AvgIpc) is 3.03. The smallest absolute Gasteiger partial charge is 0.00201 e. The Morgan fingerprint density at radius 2 is 0.850 bits per heavy atom. The molecule has 0 saturated carbocycles. The van der Waals surface area contributed by atoms with Crippen molar-refractivity contribution in [3.05, 3.63) is 158 Å². The van der Waals surface area contributed by atoms with E-state index in [0.29, 0.717) is 0 Å². The first kappa shape index (κ1) is 22.8. The summed E-state index contributed by atoms with van der Waals surface area (Å²) in [4.78, 5) is 0. The lowest BCUT2D eigenvalue weighted by Gasteiger charge is -2.20. The minimum absolute atomic E-state index is 1.23. The zero-order valence-electron chi connectivity index (χ0n) is 22.0. The van der Waals surface area contributed by atoms with Gasteiger partial charge in [-0.1, -0.05) is 146 Å². The molecule has 0 aliphatic heterocycles. The fraction of sp³-hybridized carbons (Fsp3) is 0. The van der Waals surface area contributed by atoms with E-state index in [-0.39, 0.29) is 0 Å². The molecule has 0 bridgehead atoms. The van der Waals surface area contributed by atoms with Gasteiger partial charge < -0.3 is 0 Å². The highest BCUT2D eigenvalue weighted by Crippen LogP contribution is 2.46. The summed E-state index contributed by atoms with van der Waals surface area (Å²) in [5.41, 5.74) is 7.57. The van der Waals surface area contributed by atoms with Gasteiger partial charge in [0.25, 0.3) is 0 Å². The van der Waals surface area contributed by atoms with Crippen molar-refractivity contribution in [2.75, 3.05) is 0 Å². The predicted octanol–water partition coefficient (Wildman–Crippen LogP) is 11.3. The Morgan fingerprint density at radius 3 is 1.68 bits per heavy atom. The van der Waals surface area contributed by atoms with Gasteiger partial charge in [-0.25, -0.2) is 0 Å². The van der Waals surface area contributed by atoms with Gasteiger partial charge in [0.2, 0.25) is 0 Å². The van der Waals surface area contributed by atoms with E-state index < -0.39 is 0 Å². The fourth-order valence-corrected chi connectivity index (χ4v) is 6.38. The van der Waals surface area contributed by atoms with Gasteiger partial charge in [0.05, 0.1) is 0 Å². The summed E-state index contributed by atoms with van der Waals surface area (Å²) >= 11 is 0. The summed E-state index contributed by atoms with van der Waals surface area (Å²) in [6.45, 7) is 0. The molecule has 0 fully saturated rings. The SMILES string of the molecule is c1ccc(-c2ccc3c(-c4cccc5ccccc45)c4ccccc4c(-c4ccc5ccccc5c4)c3c2)cc1. The number of hydrogen-bond acceptors (Lipinski definition) is 0. The van der Waals surface area contributed by atoms with Crippen LogP contribution in [0.15, 0.2) is 158 Å². The molecule has 0 atom stereocenters. The van der Waals surface area contributed by atoms with Gasteiger partial charge >= 0.3 is 0 Å². The van der Waals surface area contributed by atoms with Crippen molar-refractivity contribution in [3.63, 3.8) is 0 Å². The molecule has 0 nitrogen and oxygen atoms in total. The van der Waals surface area contributed by atoms with E-state index >= 15 is 0 Å². The first-order valence-corrected chi connectivity index (χ1v) is 13.9. The lowest BCUT2D eigenvalue weighted by atomic mass is 9.83. The summed E-state index contributed by atoms with van der Waals surface area (Å²) in [5, 5.41) is 10.2. The zero-order chi connectivity index (χ0) is 26.5. The Labute approximate surface area is 233 Å². The van der Waals surface area contributed by atoms with Gasteiger partial charge in [-0.15, -0.1) is 0 Å². The maximum absolute atomic E-state index is 2.40. The van der Waals surface area contributed by atoms with E-state index in [1.165, 1.54) is 76.5 Å². The maximum Gasteiger partial charge on any atom is -0.00201 e. The molecule has 0 aromatic heterocycles. The number of rotatable bonds is 3. The van der Waals surface area contributed by atoms with E-state index in [4.69, 9.17) is 0 Å². The van der Waals surface area contributed by atoms with Gasteiger partial charge in [0.1, 0.15) is 0 Å². The lowest BCUT2D eigenvalue weighted by Crippen LogP contribution is -1.92. The minimum atomic E-state index is 1.23. The zero-order valence-corrected chi connectivity index (χ0v) is 22.0. The Kier molecular flexibility index (Phi) is 5.24. The third kappa shape index (κ3) is 3.61. The molecule has 0 aliphatic rings. The van der Waals surface area contributed by atoms with Crippen LogP contribution in [-0.2, 0) is 0 Å². The van der Waals surface area contributed by atoms with Gasteiger partial charge in [0.15, 0.2) is 0 Å². The van der Waals surface area contributed by atoms with Gasteiger partial charge in [-0.05, 0) is 88.6 Å². The summed E-state index contributed by atoms with van der Waals surface area (Å²) in [6.07, 6.45) is 0. The van der Waals surface area contributed by atoms with Crippen LogP contribution < -0.4 is 0 Å². The van der Waals surface area contributed by atoms with Crippen LogP contribution in [0.5, 0.6) is 0 Å². The first-order chi connectivity index (χ1) is 19.8. The highest BCUT2D eigenvalue weighted by Gasteiger charge is 2.18. The third-order valence-corrected chi connectivity index (χ3v) is 8.23.